The van der Waals surface area contributed by atoms with E-state index in [0.29, 0.717) is 0 Å². The van der Waals surface area contributed by atoms with Gasteiger partial charge in [0.2, 0.25) is 0 Å². The lowest BCUT2D eigenvalue weighted by atomic mass is 10.1. The number of hydrogen-bond donors (Lipinski definition) is 1. The van der Waals surface area contributed by atoms with Crippen molar-refractivity contribution in [1.29, 1.82) is 0 Å². The standard InChI is InChI=1S/C17H17NO2/c1-20-17(19)13-12-16(14-8-4-2-5-9-14)18-15-10-6-3-7-11-15/h2-13,16,18H,1H3/b13-12+. The van der Waals surface area contributed by atoms with Crippen LogP contribution in [0.4, 0.5) is 5.69 Å². The molecule has 2 aromatic carbocycles. The number of carbonyl (C=O) groups excluding carboxylic acids is 1. The zero-order valence-corrected chi connectivity index (χ0v) is 11.3. The summed E-state index contributed by atoms with van der Waals surface area (Å²) in [5.41, 5.74) is 2.08. The van der Waals surface area contributed by atoms with Crippen molar-refractivity contribution in [3.8, 4) is 0 Å². The van der Waals surface area contributed by atoms with Gasteiger partial charge in [0.25, 0.3) is 0 Å². The summed E-state index contributed by atoms with van der Waals surface area (Å²) in [6.07, 6.45) is 3.24. The van der Waals surface area contributed by atoms with Crippen molar-refractivity contribution in [2.75, 3.05) is 12.4 Å². The highest BCUT2D eigenvalue weighted by molar-refractivity contribution is 5.82. The Hall–Kier alpha value is -2.55. The molecule has 0 aliphatic heterocycles. The number of methoxy groups -OCH3 is 1. The van der Waals surface area contributed by atoms with Gasteiger partial charge >= 0.3 is 5.97 Å². The lowest BCUT2D eigenvalue weighted by Crippen LogP contribution is -2.09. The van der Waals surface area contributed by atoms with Gasteiger partial charge in [0.15, 0.2) is 0 Å². The molecule has 0 bridgehead atoms. The van der Waals surface area contributed by atoms with Crippen molar-refractivity contribution in [3.63, 3.8) is 0 Å². The minimum absolute atomic E-state index is 0.0855. The number of ether oxygens (including phenoxy) is 1. The summed E-state index contributed by atoms with van der Waals surface area (Å²) in [4.78, 5) is 11.3. The number of anilines is 1. The first-order valence-corrected chi connectivity index (χ1v) is 6.42. The summed E-state index contributed by atoms with van der Waals surface area (Å²) in [6.45, 7) is 0. The Morgan fingerprint density at radius 2 is 1.65 bits per heavy atom. The van der Waals surface area contributed by atoms with Crippen LogP contribution < -0.4 is 5.32 Å². The number of esters is 1. The maximum absolute atomic E-state index is 11.3. The van der Waals surface area contributed by atoms with Crippen molar-refractivity contribution in [3.05, 3.63) is 78.4 Å². The summed E-state index contributed by atoms with van der Waals surface area (Å²) >= 11 is 0. The van der Waals surface area contributed by atoms with E-state index in [2.05, 4.69) is 10.1 Å². The molecule has 1 atom stereocenters. The maximum atomic E-state index is 11.3. The molecular weight excluding hydrogens is 250 g/mol. The molecule has 0 aliphatic carbocycles. The Morgan fingerprint density at radius 1 is 1.05 bits per heavy atom. The van der Waals surface area contributed by atoms with Crippen LogP contribution in [-0.4, -0.2) is 13.1 Å². The van der Waals surface area contributed by atoms with Gasteiger partial charge in [-0.3, -0.25) is 0 Å². The van der Waals surface area contributed by atoms with E-state index in [4.69, 9.17) is 0 Å². The smallest absolute Gasteiger partial charge is 0.330 e. The normalized spacial score (nSPS) is 12.1. The van der Waals surface area contributed by atoms with Crippen LogP contribution in [0.1, 0.15) is 11.6 Å². The Kier molecular flexibility index (Phi) is 4.95. The van der Waals surface area contributed by atoms with E-state index in [-0.39, 0.29) is 12.0 Å². The summed E-state index contributed by atoms with van der Waals surface area (Å²) < 4.78 is 4.63. The molecule has 0 radical (unpaired) electrons. The predicted octanol–water partition coefficient (Wildman–Crippen LogP) is 3.57. The zero-order chi connectivity index (χ0) is 14.2. The average Bonchev–Trinajstić information content (AvgIpc) is 2.53. The molecule has 102 valence electrons. The van der Waals surface area contributed by atoms with Crippen LogP contribution in [0.5, 0.6) is 0 Å². The van der Waals surface area contributed by atoms with E-state index < -0.39 is 0 Å². The number of rotatable bonds is 5. The zero-order valence-electron chi connectivity index (χ0n) is 11.3. The van der Waals surface area contributed by atoms with Gasteiger partial charge in [0.1, 0.15) is 0 Å². The van der Waals surface area contributed by atoms with Crippen LogP contribution in [0, 0.1) is 0 Å². The monoisotopic (exact) mass is 267 g/mol. The van der Waals surface area contributed by atoms with Gasteiger partial charge in [-0.25, -0.2) is 4.79 Å². The van der Waals surface area contributed by atoms with Crippen molar-refractivity contribution in [1.82, 2.24) is 0 Å². The van der Waals surface area contributed by atoms with E-state index in [1.807, 2.05) is 60.7 Å². The van der Waals surface area contributed by atoms with E-state index in [0.717, 1.165) is 11.3 Å². The van der Waals surface area contributed by atoms with Crippen molar-refractivity contribution >= 4 is 11.7 Å². The molecule has 2 rings (SSSR count). The highest BCUT2D eigenvalue weighted by Gasteiger charge is 2.08. The van der Waals surface area contributed by atoms with E-state index in [1.165, 1.54) is 13.2 Å². The van der Waals surface area contributed by atoms with Gasteiger partial charge in [-0.05, 0) is 17.7 Å². The number of nitrogens with one attached hydrogen (secondary N) is 1. The second kappa shape index (κ2) is 7.14. The third-order valence-electron chi connectivity index (χ3n) is 2.88. The van der Waals surface area contributed by atoms with Crippen molar-refractivity contribution in [2.45, 2.75) is 6.04 Å². The molecule has 0 aromatic heterocycles. The SMILES string of the molecule is COC(=O)/C=C/C(Nc1ccccc1)c1ccccc1. The minimum atomic E-state index is -0.360. The fraction of sp³-hybridized carbons (Fsp3) is 0.118. The van der Waals surface area contributed by atoms with Gasteiger partial charge in [-0.1, -0.05) is 54.6 Å². The second-order valence-corrected chi connectivity index (χ2v) is 4.28. The lowest BCUT2D eigenvalue weighted by Gasteiger charge is -2.16. The summed E-state index contributed by atoms with van der Waals surface area (Å²) in [7, 11) is 1.37. The van der Waals surface area contributed by atoms with Crippen molar-refractivity contribution in [2.24, 2.45) is 0 Å². The summed E-state index contributed by atoms with van der Waals surface area (Å²) in [5.74, 6) is -0.360. The molecule has 0 fully saturated rings. The first-order valence-electron chi connectivity index (χ1n) is 6.42. The topological polar surface area (TPSA) is 38.3 Å². The second-order valence-electron chi connectivity index (χ2n) is 4.28. The van der Waals surface area contributed by atoms with Crippen LogP contribution in [0.3, 0.4) is 0 Å². The van der Waals surface area contributed by atoms with Gasteiger partial charge in [-0.15, -0.1) is 0 Å². The molecule has 20 heavy (non-hydrogen) atoms. The first-order chi connectivity index (χ1) is 9.79. The Labute approximate surface area is 118 Å². The maximum Gasteiger partial charge on any atom is 0.330 e. The van der Waals surface area contributed by atoms with Crippen molar-refractivity contribution < 1.29 is 9.53 Å². The van der Waals surface area contributed by atoms with Crippen LogP contribution in [0.15, 0.2) is 72.8 Å². The lowest BCUT2D eigenvalue weighted by molar-refractivity contribution is -0.134. The van der Waals surface area contributed by atoms with Gasteiger partial charge < -0.3 is 10.1 Å². The van der Waals surface area contributed by atoms with Crippen LogP contribution >= 0.6 is 0 Å². The average molecular weight is 267 g/mol. The van der Waals surface area contributed by atoms with E-state index in [1.54, 1.807) is 6.08 Å². The molecule has 0 saturated carbocycles. The molecular formula is C17H17NO2. The molecule has 1 N–H and O–H groups in total. The molecule has 0 heterocycles. The molecule has 0 aliphatic rings. The molecule has 0 saturated heterocycles. The third kappa shape index (κ3) is 3.99. The predicted molar refractivity (Wildman–Crippen MR) is 80.4 cm³/mol. The molecule has 1 unspecified atom stereocenters. The number of benzene rings is 2. The molecule has 0 amide bonds. The minimum Gasteiger partial charge on any atom is -0.466 e. The van der Waals surface area contributed by atoms with Crippen LogP contribution in [-0.2, 0) is 9.53 Å². The third-order valence-corrected chi connectivity index (χ3v) is 2.88. The Bertz CT molecular complexity index is 564. The quantitative estimate of drug-likeness (QED) is 0.665. The highest BCUT2D eigenvalue weighted by Crippen LogP contribution is 2.20. The summed E-state index contributed by atoms with van der Waals surface area (Å²) in [5, 5.41) is 3.38. The molecule has 3 heteroatoms. The summed E-state index contributed by atoms with van der Waals surface area (Å²) in [6, 6.07) is 19.7. The fourth-order valence-corrected chi connectivity index (χ4v) is 1.86. The number of para-hydroxylation sites is 1. The van der Waals surface area contributed by atoms with Crippen LogP contribution in [0.25, 0.3) is 0 Å². The molecule has 0 spiro atoms. The molecule has 3 nitrogen and oxygen atoms in total. The fourth-order valence-electron chi connectivity index (χ4n) is 1.86. The van der Waals surface area contributed by atoms with E-state index >= 15 is 0 Å². The van der Waals surface area contributed by atoms with Gasteiger partial charge in [0, 0.05) is 11.8 Å². The van der Waals surface area contributed by atoms with Gasteiger partial charge in [-0.2, -0.15) is 0 Å². The van der Waals surface area contributed by atoms with Crippen LogP contribution in [0.2, 0.25) is 0 Å². The number of hydrogen-bond acceptors (Lipinski definition) is 3. The van der Waals surface area contributed by atoms with Gasteiger partial charge in [0.05, 0.1) is 13.2 Å². The first kappa shape index (κ1) is 13.9. The number of carbonyl (C=O) groups is 1. The van der Waals surface area contributed by atoms with E-state index in [9.17, 15) is 4.79 Å². The molecule has 2 aromatic rings. The highest BCUT2D eigenvalue weighted by atomic mass is 16.5. The Morgan fingerprint density at radius 3 is 2.25 bits per heavy atom. The largest absolute Gasteiger partial charge is 0.466 e. The Balaban J connectivity index is 2.20.